The molecule has 1 fully saturated rings. The molecule has 22 heavy (non-hydrogen) atoms. The zero-order valence-corrected chi connectivity index (χ0v) is 14.7. The lowest BCUT2D eigenvalue weighted by molar-refractivity contribution is 0.123. The Hall–Kier alpha value is -0.910. The fraction of sp³-hybridized carbons (Fsp3) is 0.824. The molecule has 0 atom stereocenters. The number of piperidine rings is 1. The van der Waals surface area contributed by atoms with Crippen molar-refractivity contribution in [2.45, 2.75) is 59.2 Å². The van der Waals surface area contributed by atoms with Gasteiger partial charge in [-0.25, -0.2) is 0 Å². The predicted molar refractivity (Wildman–Crippen MR) is 90.0 cm³/mol. The molecule has 1 aromatic rings. The molecule has 5 heteroatoms. The maximum absolute atomic E-state index is 9.12. The van der Waals surface area contributed by atoms with Gasteiger partial charge in [0.05, 0.1) is 18.8 Å². The molecular weight excluding hydrogens is 276 g/mol. The molecule has 0 spiro atoms. The van der Waals surface area contributed by atoms with Gasteiger partial charge in [-0.05, 0) is 59.8 Å². The first-order valence-corrected chi connectivity index (χ1v) is 8.63. The van der Waals surface area contributed by atoms with Crippen LogP contribution in [0.1, 0.15) is 43.1 Å². The van der Waals surface area contributed by atoms with Crippen LogP contribution in [0.4, 0.5) is 0 Å². The first-order chi connectivity index (χ1) is 10.6. The highest BCUT2D eigenvalue weighted by Crippen LogP contribution is 2.21. The molecule has 0 saturated carbocycles. The van der Waals surface area contributed by atoms with Crippen LogP contribution in [0, 0.1) is 13.8 Å². The van der Waals surface area contributed by atoms with Crippen molar-refractivity contribution >= 4 is 0 Å². The van der Waals surface area contributed by atoms with Gasteiger partial charge in [-0.15, -0.1) is 0 Å². The van der Waals surface area contributed by atoms with Gasteiger partial charge in [0, 0.05) is 23.8 Å². The second-order valence-corrected chi connectivity index (χ2v) is 6.58. The summed E-state index contributed by atoms with van der Waals surface area (Å²) in [6, 6.07) is 0.674. The lowest BCUT2D eigenvalue weighted by atomic mass is 10.0. The molecule has 0 amide bonds. The van der Waals surface area contributed by atoms with Gasteiger partial charge in [-0.1, -0.05) is 6.92 Å². The Kier molecular flexibility index (Phi) is 6.41. The summed E-state index contributed by atoms with van der Waals surface area (Å²) in [5.74, 6) is 0. The number of aromatic nitrogens is 2. The number of rotatable bonds is 7. The second-order valence-electron chi connectivity index (χ2n) is 6.58. The Balaban J connectivity index is 1.94. The second kappa shape index (κ2) is 8.09. The maximum Gasteiger partial charge on any atom is 0.0644 e. The number of hydrogen-bond donors (Lipinski definition) is 1. The van der Waals surface area contributed by atoms with Gasteiger partial charge in [0.1, 0.15) is 0 Å². The average Bonchev–Trinajstić information content (AvgIpc) is 2.76. The number of aliphatic hydroxyl groups excluding tert-OH is 1. The summed E-state index contributed by atoms with van der Waals surface area (Å²) in [5.41, 5.74) is 3.62. The van der Waals surface area contributed by atoms with Gasteiger partial charge >= 0.3 is 0 Å². The quantitative estimate of drug-likeness (QED) is 0.834. The Morgan fingerprint density at radius 3 is 2.50 bits per heavy atom. The average molecular weight is 308 g/mol. The molecule has 1 aromatic heterocycles. The van der Waals surface area contributed by atoms with E-state index in [1.165, 1.54) is 50.2 Å². The van der Waals surface area contributed by atoms with Crippen LogP contribution in [0.2, 0.25) is 0 Å². The third kappa shape index (κ3) is 4.09. The van der Waals surface area contributed by atoms with Gasteiger partial charge in [-0.2, -0.15) is 5.10 Å². The van der Waals surface area contributed by atoms with E-state index in [1.807, 2.05) is 4.68 Å². The molecule has 1 aliphatic heterocycles. The van der Waals surface area contributed by atoms with Crippen LogP contribution in [-0.2, 0) is 13.1 Å². The standard InChI is InChI=1S/C17H32N4O/c1-5-8-20-9-6-16(7-10-20)19(4)13-17-14(2)18-21(11-12-22)15(17)3/h16,22H,5-13H2,1-4H3. The van der Waals surface area contributed by atoms with Gasteiger partial charge in [0.2, 0.25) is 0 Å². The van der Waals surface area contributed by atoms with Crippen molar-refractivity contribution in [3.63, 3.8) is 0 Å². The van der Waals surface area contributed by atoms with Gasteiger partial charge in [-0.3, -0.25) is 9.58 Å². The zero-order valence-electron chi connectivity index (χ0n) is 14.7. The van der Waals surface area contributed by atoms with Crippen molar-refractivity contribution < 1.29 is 5.11 Å². The number of nitrogens with zero attached hydrogens (tertiary/aromatic N) is 4. The molecule has 1 aliphatic rings. The van der Waals surface area contributed by atoms with Crippen molar-refractivity contribution in [1.82, 2.24) is 19.6 Å². The fourth-order valence-corrected chi connectivity index (χ4v) is 3.55. The Labute approximate surface area is 134 Å². The normalized spacial score (nSPS) is 17.5. The molecule has 5 nitrogen and oxygen atoms in total. The topological polar surface area (TPSA) is 44.5 Å². The monoisotopic (exact) mass is 308 g/mol. The predicted octanol–water partition coefficient (Wildman–Crippen LogP) is 1.80. The molecule has 0 radical (unpaired) electrons. The van der Waals surface area contributed by atoms with Gasteiger partial charge in [0.15, 0.2) is 0 Å². The molecule has 2 rings (SSSR count). The SMILES string of the molecule is CCCN1CCC(N(C)Cc2c(C)nn(CCO)c2C)CC1. The van der Waals surface area contributed by atoms with E-state index >= 15 is 0 Å². The highest BCUT2D eigenvalue weighted by molar-refractivity contribution is 5.24. The number of hydrogen-bond acceptors (Lipinski definition) is 4. The third-order valence-corrected chi connectivity index (χ3v) is 4.97. The summed E-state index contributed by atoms with van der Waals surface area (Å²) in [4.78, 5) is 5.07. The van der Waals surface area contributed by atoms with E-state index in [-0.39, 0.29) is 6.61 Å². The Morgan fingerprint density at radius 2 is 1.91 bits per heavy atom. The molecule has 0 aliphatic carbocycles. The first kappa shape index (κ1) is 17.4. The number of aryl methyl sites for hydroxylation is 1. The van der Waals surface area contributed by atoms with Crippen LogP contribution in [0.25, 0.3) is 0 Å². The third-order valence-electron chi connectivity index (χ3n) is 4.97. The Bertz CT molecular complexity index is 463. The lowest BCUT2D eigenvalue weighted by Crippen LogP contribution is -2.43. The van der Waals surface area contributed by atoms with Crippen LogP contribution >= 0.6 is 0 Å². The first-order valence-electron chi connectivity index (χ1n) is 8.63. The van der Waals surface area contributed by atoms with Crippen LogP contribution in [-0.4, -0.2) is 64.0 Å². The maximum atomic E-state index is 9.12. The molecule has 1 N–H and O–H groups in total. The highest BCUT2D eigenvalue weighted by atomic mass is 16.3. The van der Waals surface area contributed by atoms with Crippen LogP contribution < -0.4 is 0 Å². The summed E-state index contributed by atoms with van der Waals surface area (Å²) in [7, 11) is 2.24. The molecular formula is C17H32N4O. The largest absolute Gasteiger partial charge is 0.394 e. The minimum absolute atomic E-state index is 0.146. The van der Waals surface area contributed by atoms with E-state index in [2.05, 4.69) is 42.7 Å². The number of aliphatic hydroxyl groups is 1. The number of likely N-dealkylation sites (tertiary alicyclic amines) is 1. The lowest BCUT2D eigenvalue weighted by Gasteiger charge is -2.36. The van der Waals surface area contributed by atoms with E-state index in [9.17, 15) is 0 Å². The molecule has 0 bridgehead atoms. The minimum Gasteiger partial charge on any atom is -0.394 e. The fourth-order valence-electron chi connectivity index (χ4n) is 3.55. The summed E-state index contributed by atoms with van der Waals surface area (Å²) >= 11 is 0. The van der Waals surface area contributed by atoms with Crippen LogP contribution in [0.15, 0.2) is 0 Å². The smallest absolute Gasteiger partial charge is 0.0644 e. The molecule has 0 aromatic carbocycles. The molecule has 0 unspecified atom stereocenters. The summed E-state index contributed by atoms with van der Waals surface area (Å²) in [5, 5.41) is 13.7. The van der Waals surface area contributed by atoms with E-state index in [1.54, 1.807) is 0 Å². The molecule has 126 valence electrons. The van der Waals surface area contributed by atoms with E-state index in [4.69, 9.17) is 5.11 Å². The van der Waals surface area contributed by atoms with E-state index < -0.39 is 0 Å². The molecule has 2 heterocycles. The molecule has 1 saturated heterocycles. The van der Waals surface area contributed by atoms with Crippen molar-refractivity contribution in [1.29, 1.82) is 0 Å². The summed E-state index contributed by atoms with van der Waals surface area (Å²) in [6.45, 7) is 11.8. The van der Waals surface area contributed by atoms with Gasteiger partial charge in [0.25, 0.3) is 0 Å². The highest BCUT2D eigenvalue weighted by Gasteiger charge is 2.23. The van der Waals surface area contributed by atoms with E-state index in [0.717, 1.165) is 12.2 Å². The zero-order chi connectivity index (χ0) is 16.1. The van der Waals surface area contributed by atoms with E-state index in [0.29, 0.717) is 12.6 Å². The van der Waals surface area contributed by atoms with Crippen molar-refractivity contribution in [3.8, 4) is 0 Å². The van der Waals surface area contributed by atoms with Crippen molar-refractivity contribution in [3.05, 3.63) is 17.0 Å². The van der Waals surface area contributed by atoms with Crippen LogP contribution in [0.3, 0.4) is 0 Å². The summed E-state index contributed by atoms with van der Waals surface area (Å²) < 4.78 is 1.93. The van der Waals surface area contributed by atoms with Crippen LogP contribution in [0.5, 0.6) is 0 Å². The Morgan fingerprint density at radius 1 is 1.23 bits per heavy atom. The van der Waals surface area contributed by atoms with Crippen molar-refractivity contribution in [2.75, 3.05) is 33.3 Å². The van der Waals surface area contributed by atoms with Gasteiger partial charge < -0.3 is 10.0 Å². The minimum atomic E-state index is 0.146. The summed E-state index contributed by atoms with van der Waals surface area (Å²) in [6.07, 6.45) is 3.78. The van der Waals surface area contributed by atoms with Crippen molar-refractivity contribution in [2.24, 2.45) is 0 Å².